The first-order chi connectivity index (χ1) is 24.0. The third-order valence-corrected chi connectivity index (χ3v) is 9.75. The molecule has 0 N–H and O–H groups in total. The van der Waals surface area contributed by atoms with Crippen molar-refractivity contribution in [1.29, 1.82) is 0 Å². The van der Waals surface area contributed by atoms with Crippen LogP contribution in [0.4, 0.5) is 0 Å². The average molecular weight is 732 g/mol. The lowest BCUT2D eigenvalue weighted by molar-refractivity contribution is -0.870. The number of ether oxygens (including phenoxy) is 2. The van der Waals surface area contributed by atoms with E-state index in [9.17, 15) is 19.0 Å². The summed E-state index contributed by atoms with van der Waals surface area (Å²) in [5.74, 6) is -0.840. The molecule has 0 aromatic carbocycles. The SMILES string of the molecule is CCCCCCCCC=CCCCCCCCC(=O)OC[C@H](COP(=O)([O-])OCC[N+](C)(C)C)OC(=O)CCCCCCCCCCCCC. The van der Waals surface area contributed by atoms with Crippen molar-refractivity contribution < 1.29 is 42.1 Å². The molecule has 1 unspecified atom stereocenters. The molecule has 0 amide bonds. The molecular formula is C40H78NO8P. The van der Waals surface area contributed by atoms with Crippen LogP contribution in [0.3, 0.4) is 0 Å². The van der Waals surface area contributed by atoms with Crippen LogP contribution in [-0.2, 0) is 32.7 Å². The number of phosphoric ester groups is 1. The largest absolute Gasteiger partial charge is 0.756 e. The Morgan fingerprint density at radius 2 is 1.02 bits per heavy atom. The van der Waals surface area contributed by atoms with Crippen molar-refractivity contribution in [2.45, 2.75) is 187 Å². The number of rotatable bonds is 37. The van der Waals surface area contributed by atoms with Crippen LogP contribution in [0, 0.1) is 0 Å². The van der Waals surface area contributed by atoms with Gasteiger partial charge >= 0.3 is 11.9 Å². The Morgan fingerprint density at radius 1 is 0.600 bits per heavy atom. The van der Waals surface area contributed by atoms with Crippen LogP contribution in [0.2, 0.25) is 0 Å². The molecule has 0 bridgehead atoms. The van der Waals surface area contributed by atoms with Gasteiger partial charge in [0, 0.05) is 12.8 Å². The van der Waals surface area contributed by atoms with Crippen molar-refractivity contribution in [2.75, 3.05) is 47.5 Å². The maximum Gasteiger partial charge on any atom is 0.306 e. The van der Waals surface area contributed by atoms with Gasteiger partial charge in [-0.25, -0.2) is 0 Å². The van der Waals surface area contributed by atoms with Gasteiger partial charge in [0.1, 0.15) is 19.8 Å². The Labute approximate surface area is 307 Å². The zero-order valence-electron chi connectivity index (χ0n) is 33.1. The monoisotopic (exact) mass is 732 g/mol. The predicted molar refractivity (Wildman–Crippen MR) is 204 cm³/mol. The summed E-state index contributed by atoms with van der Waals surface area (Å²) < 4.78 is 33.8. The maximum atomic E-state index is 12.6. The van der Waals surface area contributed by atoms with Gasteiger partial charge in [-0.1, -0.05) is 142 Å². The first kappa shape index (κ1) is 48.8. The number of carbonyl (C=O) groups is 2. The molecule has 0 heterocycles. The van der Waals surface area contributed by atoms with E-state index in [2.05, 4.69) is 26.0 Å². The number of likely N-dealkylation sites (N-methyl/N-ethyl adjacent to an activating group) is 1. The zero-order valence-corrected chi connectivity index (χ0v) is 34.0. The lowest BCUT2D eigenvalue weighted by atomic mass is 10.1. The molecule has 10 heteroatoms. The quantitative estimate of drug-likeness (QED) is 0.0204. The molecule has 2 atom stereocenters. The topological polar surface area (TPSA) is 111 Å². The Balaban J connectivity index is 4.38. The van der Waals surface area contributed by atoms with Crippen LogP contribution in [0.15, 0.2) is 12.2 Å². The zero-order chi connectivity index (χ0) is 37.2. The Morgan fingerprint density at radius 3 is 1.48 bits per heavy atom. The minimum absolute atomic E-state index is 0.0292. The third-order valence-electron chi connectivity index (χ3n) is 8.79. The van der Waals surface area contributed by atoms with Crippen LogP contribution < -0.4 is 4.89 Å². The van der Waals surface area contributed by atoms with Gasteiger partial charge in [-0.05, 0) is 38.5 Å². The fraction of sp³-hybridized carbons (Fsp3) is 0.900. The molecule has 9 nitrogen and oxygen atoms in total. The molecule has 50 heavy (non-hydrogen) atoms. The molecule has 0 aliphatic heterocycles. The van der Waals surface area contributed by atoms with Crippen molar-refractivity contribution in [3.63, 3.8) is 0 Å². The number of quaternary nitrogens is 1. The fourth-order valence-corrected chi connectivity index (χ4v) is 6.26. The van der Waals surface area contributed by atoms with Gasteiger partial charge in [0.05, 0.1) is 27.7 Å². The summed E-state index contributed by atoms with van der Waals surface area (Å²) >= 11 is 0. The van der Waals surface area contributed by atoms with Gasteiger partial charge in [0.25, 0.3) is 7.82 Å². The highest BCUT2D eigenvalue weighted by molar-refractivity contribution is 7.45. The Bertz CT molecular complexity index is 876. The van der Waals surface area contributed by atoms with Crippen LogP contribution in [0.5, 0.6) is 0 Å². The lowest BCUT2D eigenvalue weighted by Crippen LogP contribution is -2.37. The Hall–Kier alpha value is -1.25. The number of allylic oxidation sites excluding steroid dienone is 2. The third kappa shape index (κ3) is 36.5. The molecule has 0 radical (unpaired) electrons. The van der Waals surface area contributed by atoms with E-state index in [1.165, 1.54) is 96.3 Å². The minimum atomic E-state index is -4.61. The number of hydrogen-bond donors (Lipinski definition) is 0. The number of esters is 2. The van der Waals surface area contributed by atoms with Gasteiger partial charge in [-0.15, -0.1) is 0 Å². The van der Waals surface area contributed by atoms with E-state index in [4.69, 9.17) is 18.5 Å². The number of phosphoric acid groups is 1. The van der Waals surface area contributed by atoms with Gasteiger partial charge < -0.3 is 27.9 Å². The molecule has 0 aliphatic carbocycles. The first-order valence-corrected chi connectivity index (χ1v) is 21.9. The highest BCUT2D eigenvalue weighted by Crippen LogP contribution is 2.38. The van der Waals surface area contributed by atoms with Crippen molar-refractivity contribution in [1.82, 2.24) is 0 Å². The van der Waals surface area contributed by atoms with Gasteiger partial charge in [0.2, 0.25) is 0 Å². The summed E-state index contributed by atoms with van der Waals surface area (Å²) in [5.41, 5.74) is 0. The van der Waals surface area contributed by atoms with Crippen molar-refractivity contribution in [3.05, 3.63) is 12.2 Å². The van der Waals surface area contributed by atoms with E-state index in [-0.39, 0.29) is 26.1 Å². The molecule has 0 rings (SSSR count). The van der Waals surface area contributed by atoms with Crippen LogP contribution >= 0.6 is 7.82 Å². The maximum absolute atomic E-state index is 12.6. The standard InChI is InChI=1S/C40H78NO8P/c1-6-8-10-12-14-16-18-19-20-21-23-24-26-28-30-32-39(42)46-36-38(37-48-50(44,45)47-35-34-41(3,4)5)49-40(43)33-31-29-27-25-22-17-15-13-11-9-7-2/h19-20,38H,6-18,21-37H2,1-5H3/t38-/m1/s1. The van der Waals surface area contributed by atoms with E-state index in [1.807, 2.05) is 21.1 Å². The molecule has 0 aliphatic rings. The number of unbranched alkanes of at least 4 members (excludes halogenated alkanes) is 21. The van der Waals surface area contributed by atoms with Crippen molar-refractivity contribution in [2.24, 2.45) is 0 Å². The van der Waals surface area contributed by atoms with Crippen LogP contribution in [0.25, 0.3) is 0 Å². The van der Waals surface area contributed by atoms with Crippen LogP contribution in [0.1, 0.15) is 181 Å². The molecule has 296 valence electrons. The van der Waals surface area contributed by atoms with Crippen LogP contribution in [-0.4, -0.2) is 70.0 Å². The molecule has 0 spiro atoms. The second-order valence-corrected chi connectivity index (χ2v) is 16.4. The summed E-state index contributed by atoms with van der Waals surface area (Å²) in [6, 6.07) is 0. The number of nitrogens with zero attached hydrogens (tertiary/aromatic N) is 1. The Kier molecular flexibility index (Phi) is 32.7. The average Bonchev–Trinajstić information content (AvgIpc) is 3.06. The minimum Gasteiger partial charge on any atom is -0.756 e. The van der Waals surface area contributed by atoms with E-state index < -0.39 is 32.5 Å². The van der Waals surface area contributed by atoms with Crippen molar-refractivity contribution >= 4 is 19.8 Å². The smallest absolute Gasteiger partial charge is 0.306 e. The summed E-state index contributed by atoms with van der Waals surface area (Å²) in [6.45, 7) is 4.20. The summed E-state index contributed by atoms with van der Waals surface area (Å²) in [5, 5.41) is 0. The van der Waals surface area contributed by atoms with E-state index >= 15 is 0 Å². The summed E-state index contributed by atoms with van der Waals surface area (Å²) in [6.07, 6.45) is 32.3. The number of hydrogen-bond acceptors (Lipinski definition) is 8. The molecular weight excluding hydrogens is 653 g/mol. The van der Waals surface area contributed by atoms with E-state index in [0.29, 0.717) is 17.4 Å². The number of carbonyl (C=O) groups excluding carboxylic acids is 2. The van der Waals surface area contributed by atoms with E-state index in [0.717, 1.165) is 51.4 Å². The second-order valence-electron chi connectivity index (χ2n) is 15.0. The summed E-state index contributed by atoms with van der Waals surface area (Å²) in [7, 11) is 1.17. The normalized spacial score (nSPS) is 13.8. The molecule has 0 saturated carbocycles. The first-order valence-electron chi connectivity index (χ1n) is 20.4. The molecule has 0 aromatic heterocycles. The summed E-state index contributed by atoms with van der Waals surface area (Å²) in [4.78, 5) is 37.3. The molecule has 0 saturated heterocycles. The van der Waals surface area contributed by atoms with Gasteiger partial charge in [-0.2, -0.15) is 0 Å². The molecule has 0 fully saturated rings. The molecule has 0 aromatic rings. The predicted octanol–water partition coefficient (Wildman–Crippen LogP) is 10.4. The lowest BCUT2D eigenvalue weighted by Gasteiger charge is -2.28. The van der Waals surface area contributed by atoms with Crippen molar-refractivity contribution in [3.8, 4) is 0 Å². The highest BCUT2D eigenvalue weighted by atomic mass is 31.2. The van der Waals surface area contributed by atoms with Gasteiger partial charge in [-0.3, -0.25) is 14.2 Å². The van der Waals surface area contributed by atoms with Gasteiger partial charge in [0.15, 0.2) is 6.10 Å². The van der Waals surface area contributed by atoms with E-state index in [1.54, 1.807) is 0 Å². The second kappa shape index (κ2) is 33.6. The highest BCUT2D eigenvalue weighted by Gasteiger charge is 2.21. The fourth-order valence-electron chi connectivity index (χ4n) is 5.53.